The van der Waals surface area contributed by atoms with Crippen LogP contribution in [0.1, 0.15) is 187 Å². The van der Waals surface area contributed by atoms with Gasteiger partial charge in [0.1, 0.15) is 0 Å². The molecular weight excluding hydrogens is 603 g/mol. The predicted octanol–water partition coefficient (Wildman–Crippen LogP) is 8.86. The summed E-state index contributed by atoms with van der Waals surface area (Å²) in [7, 11) is -4.36. The van der Waals surface area contributed by atoms with Crippen LogP contribution in [0, 0.1) is 0 Å². The normalized spacial score (nSPS) is 15.0. The zero-order chi connectivity index (χ0) is 34.1. The highest BCUT2D eigenvalue weighted by Gasteiger charge is 2.28. The van der Waals surface area contributed by atoms with Crippen molar-refractivity contribution < 1.29 is 33.5 Å². The molecule has 0 saturated carbocycles. The lowest BCUT2D eigenvalue weighted by Crippen LogP contribution is -2.47. The van der Waals surface area contributed by atoms with Crippen molar-refractivity contribution >= 4 is 13.7 Å². The van der Waals surface area contributed by atoms with E-state index in [0.29, 0.717) is 12.8 Å². The summed E-state index contributed by atoms with van der Waals surface area (Å²) in [5, 5.41) is 24.0. The molecule has 4 atom stereocenters. The van der Waals surface area contributed by atoms with Gasteiger partial charge in [-0.05, 0) is 12.8 Å². The molecule has 46 heavy (non-hydrogen) atoms. The summed E-state index contributed by atoms with van der Waals surface area (Å²) in [6.07, 6.45) is 28.7. The van der Waals surface area contributed by atoms with Crippen molar-refractivity contribution in [3.8, 4) is 0 Å². The van der Waals surface area contributed by atoms with E-state index in [1.54, 1.807) is 0 Å². The highest BCUT2D eigenvalue weighted by atomic mass is 31.2. The monoisotopic (exact) mass is 679 g/mol. The maximum absolute atomic E-state index is 12.7. The number of hydrogen-bond donors (Lipinski definition) is 5. The quantitative estimate of drug-likeness (QED) is 0.0326. The Morgan fingerprint density at radius 2 is 1.04 bits per heavy atom. The number of nitrogens with two attached hydrogens (primary N) is 1. The van der Waals surface area contributed by atoms with Crippen LogP contribution in [-0.4, -0.2) is 59.0 Å². The summed E-state index contributed by atoms with van der Waals surface area (Å²) in [6, 6.07) is -0.888. The average Bonchev–Trinajstić information content (AvgIpc) is 3.03. The van der Waals surface area contributed by atoms with Gasteiger partial charge in [0.25, 0.3) is 0 Å². The van der Waals surface area contributed by atoms with Crippen molar-refractivity contribution in [2.75, 3.05) is 19.8 Å². The zero-order valence-electron chi connectivity index (χ0n) is 29.9. The standard InChI is InChI=1S/C36H75N2O7P/c1-3-5-7-9-11-13-14-15-16-17-18-20-21-23-25-27-33(39)31-36(41)38-34(32-45-46(42,43)44-30-29-37)35(40)28-26-24-22-19-12-10-8-6-4-2/h33-35,39-40H,3-32,37H2,1-2H3,(H,38,41)(H,42,43). The summed E-state index contributed by atoms with van der Waals surface area (Å²) >= 11 is 0. The first-order chi connectivity index (χ1) is 22.3. The predicted molar refractivity (Wildman–Crippen MR) is 191 cm³/mol. The summed E-state index contributed by atoms with van der Waals surface area (Å²) in [6.45, 7) is 4.01. The van der Waals surface area contributed by atoms with Gasteiger partial charge in [0, 0.05) is 6.54 Å². The van der Waals surface area contributed by atoms with Crippen LogP contribution in [0.4, 0.5) is 0 Å². The van der Waals surface area contributed by atoms with E-state index in [0.717, 1.165) is 38.5 Å². The first kappa shape index (κ1) is 45.5. The molecule has 0 aromatic carbocycles. The third-order valence-electron chi connectivity index (χ3n) is 8.77. The third-order valence-corrected chi connectivity index (χ3v) is 9.75. The summed E-state index contributed by atoms with van der Waals surface area (Å²) in [4.78, 5) is 22.6. The van der Waals surface area contributed by atoms with Gasteiger partial charge in [0.15, 0.2) is 0 Å². The molecule has 0 heterocycles. The second-order valence-electron chi connectivity index (χ2n) is 13.3. The number of aliphatic hydroxyl groups excluding tert-OH is 2. The van der Waals surface area contributed by atoms with Crippen LogP contribution in [0.25, 0.3) is 0 Å². The van der Waals surface area contributed by atoms with Crippen LogP contribution in [0.15, 0.2) is 0 Å². The van der Waals surface area contributed by atoms with Crippen molar-refractivity contribution in [3.05, 3.63) is 0 Å². The lowest BCUT2D eigenvalue weighted by molar-refractivity contribution is -0.125. The van der Waals surface area contributed by atoms with E-state index in [2.05, 4.69) is 19.2 Å². The van der Waals surface area contributed by atoms with E-state index in [-0.39, 0.29) is 26.2 Å². The van der Waals surface area contributed by atoms with E-state index in [9.17, 15) is 24.5 Å². The van der Waals surface area contributed by atoms with Crippen molar-refractivity contribution in [1.29, 1.82) is 0 Å². The number of nitrogens with one attached hydrogen (secondary N) is 1. The van der Waals surface area contributed by atoms with E-state index in [4.69, 9.17) is 14.8 Å². The number of carbonyl (C=O) groups is 1. The van der Waals surface area contributed by atoms with Gasteiger partial charge in [-0.2, -0.15) is 0 Å². The molecule has 0 radical (unpaired) electrons. The summed E-state index contributed by atoms with van der Waals surface area (Å²) in [5.74, 6) is -0.413. The van der Waals surface area contributed by atoms with Crippen molar-refractivity contribution in [2.24, 2.45) is 5.73 Å². The highest BCUT2D eigenvalue weighted by Crippen LogP contribution is 2.43. The Morgan fingerprint density at radius 3 is 1.46 bits per heavy atom. The lowest BCUT2D eigenvalue weighted by Gasteiger charge is -2.25. The molecule has 6 N–H and O–H groups in total. The molecule has 0 aliphatic carbocycles. The van der Waals surface area contributed by atoms with Crippen molar-refractivity contribution in [1.82, 2.24) is 5.32 Å². The molecule has 4 unspecified atom stereocenters. The molecule has 0 saturated heterocycles. The van der Waals surface area contributed by atoms with E-state index < -0.39 is 32.0 Å². The highest BCUT2D eigenvalue weighted by molar-refractivity contribution is 7.47. The Morgan fingerprint density at radius 1 is 0.652 bits per heavy atom. The van der Waals surface area contributed by atoms with Gasteiger partial charge in [-0.15, -0.1) is 0 Å². The van der Waals surface area contributed by atoms with Gasteiger partial charge in [-0.3, -0.25) is 13.8 Å². The fourth-order valence-corrected chi connectivity index (χ4v) is 6.59. The molecule has 0 aliphatic rings. The number of unbranched alkanes of at least 4 members (excludes halogenated alkanes) is 22. The minimum absolute atomic E-state index is 0.0621. The molecule has 0 aromatic rings. The lowest BCUT2D eigenvalue weighted by atomic mass is 10.0. The molecule has 0 spiro atoms. The Labute approximate surface area is 283 Å². The average molecular weight is 679 g/mol. The zero-order valence-corrected chi connectivity index (χ0v) is 30.8. The number of hydrogen-bond acceptors (Lipinski definition) is 7. The van der Waals surface area contributed by atoms with Gasteiger partial charge in [-0.25, -0.2) is 4.57 Å². The molecule has 1 amide bonds. The fraction of sp³-hybridized carbons (Fsp3) is 0.972. The van der Waals surface area contributed by atoms with Gasteiger partial charge in [0.2, 0.25) is 5.91 Å². The smallest absolute Gasteiger partial charge is 0.393 e. The number of phosphoric acid groups is 1. The molecule has 0 aliphatic heterocycles. The molecule has 10 heteroatoms. The maximum atomic E-state index is 12.7. The van der Waals surface area contributed by atoms with Crippen LogP contribution in [-0.2, 0) is 18.4 Å². The number of rotatable bonds is 36. The summed E-state index contributed by atoms with van der Waals surface area (Å²) in [5.41, 5.74) is 5.34. The molecule has 0 bridgehead atoms. The van der Waals surface area contributed by atoms with Crippen LogP contribution in [0.3, 0.4) is 0 Å². The minimum atomic E-state index is -4.36. The second kappa shape index (κ2) is 33.0. The third kappa shape index (κ3) is 30.8. The largest absolute Gasteiger partial charge is 0.472 e. The molecule has 276 valence electrons. The molecular formula is C36H75N2O7P. The van der Waals surface area contributed by atoms with Crippen LogP contribution >= 0.6 is 7.82 Å². The summed E-state index contributed by atoms with van der Waals surface area (Å²) < 4.78 is 22.0. The Bertz CT molecular complexity index is 716. The van der Waals surface area contributed by atoms with E-state index in [1.807, 2.05) is 0 Å². The Kier molecular flexibility index (Phi) is 32.6. The number of amides is 1. The maximum Gasteiger partial charge on any atom is 0.472 e. The Hall–Kier alpha value is -0.540. The minimum Gasteiger partial charge on any atom is -0.393 e. The van der Waals surface area contributed by atoms with Crippen LogP contribution in [0.2, 0.25) is 0 Å². The topological polar surface area (TPSA) is 151 Å². The number of carbonyl (C=O) groups excluding carboxylic acids is 1. The second-order valence-corrected chi connectivity index (χ2v) is 14.8. The fourth-order valence-electron chi connectivity index (χ4n) is 5.83. The van der Waals surface area contributed by atoms with E-state index in [1.165, 1.54) is 116 Å². The van der Waals surface area contributed by atoms with Gasteiger partial charge < -0.3 is 26.2 Å². The first-order valence-electron chi connectivity index (χ1n) is 19.2. The van der Waals surface area contributed by atoms with Crippen molar-refractivity contribution in [2.45, 2.75) is 205 Å². The van der Waals surface area contributed by atoms with Crippen molar-refractivity contribution in [3.63, 3.8) is 0 Å². The molecule has 0 rings (SSSR count). The SMILES string of the molecule is CCCCCCCCCCCCCCCCCC(O)CC(=O)NC(COP(=O)(O)OCCN)C(O)CCCCCCCCCCC. The Balaban J connectivity index is 4.26. The van der Waals surface area contributed by atoms with Gasteiger partial charge >= 0.3 is 7.82 Å². The molecule has 0 fully saturated rings. The van der Waals surface area contributed by atoms with Crippen LogP contribution < -0.4 is 11.1 Å². The first-order valence-corrected chi connectivity index (χ1v) is 20.7. The molecule has 0 aromatic heterocycles. The van der Waals surface area contributed by atoms with Gasteiger partial charge in [-0.1, -0.05) is 168 Å². The number of phosphoric ester groups is 1. The number of aliphatic hydroxyl groups is 2. The molecule has 9 nitrogen and oxygen atoms in total. The van der Waals surface area contributed by atoms with Gasteiger partial charge in [0.05, 0.1) is 37.9 Å². The van der Waals surface area contributed by atoms with E-state index >= 15 is 0 Å². The van der Waals surface area contributed by atoms with Crippen LogP contribution in [0.5, 0.6) is 0 Å².